The van der Waals surface area contributed by atoms with Crippen LogP contribution in [0.1, 0.15) is 56.4 Å². The van der Waals surface area contributed by atoms with Crippen molar-refractivity contribution in [2.24, 2.45) is 11.3 Å². The van der Waals surface area contributed by atoms with E-state index >= 15 is 0 Å². The Morgan fingerprint density at radius 2 is 1.39 bits per heavy atom. The number of benzene rings is 4. The molecule has 2 aliphatic carbocycles. The second-order valence-electron chi connectivity index (χ2n) is 13.6. The molecular weight excluding hydrogens is 725 g/mol. The summed E-state index contributed by atoms with van der Waals surface area (Å²) in [6.45, 7) is 17.5. The van der Waals surface area contributed by atoms with Crippen LogP contribution < -0.4 is 9.81 Å². The van der Waals surface area contributed by atoms with E-state index in [0.717, 1.165) is 34.0 Å². The van der Waals surface area contributed by atoms with E-state index in [4.69, 9.17) is 27.4 Å². The topological polar surface area (TPSA) is 0 Å². The molecule has 0 N–H and O–H groups in total. The number of rotatable bonds is 7. The molecule has 1 unspecified atom stereocenters. The van der Waals surface area contributed by atoms with Gasteiger partial charge >= 0.3 is 276 Å². The summed E-state index contributed by atoms with van der Waals surface area (Å²) in [6.07, 6.45) is 10.8. The molecule has 1 atom stereocenters. The second kappa shape index (κ2) is 13.3. The van der Waals surface area contributed by atoms with E-state index in [1.165, 1.54) is 40.9 Å². The van der Waals surface area contributed by atoms with Gasteiger partial charge in [-0.2, -0.15) is 0 Å². The fourth-order valence-electron chi connectivity index (χ4n) is 7.68. The third kappa shape index (κ3) is 5.65. The summed E-state index contributed by atoms with van der Waals surface area (Å²) in [4.78, 5) is 0. The Morgan fingerprint density at radius 3 is 1.91 bits per heavy atom. The van der Waals surface area contributed by atoms with Crippen LogP contribution in [-0.4, -0.2) is 4.21 Å². The summed E-state index contributed by atoms with van der Waals surface area (Å²) in [5.74, 6) is 0.240. The van der Waals surface area contributed by atoms with E-state index in [2.05, 4.69) is 120 Å². The smallest absolute Gasteiger partial charge is 0.147 e. The Labute approximate surface area is 298 Å². The third-order valence-electron chi connectivity index (χ3n) is 10.1. The fraction of sp³-hybridized carbons (Fsp3) is 0.195. The molecule has 2 aliphatic rings. The van der Waals surface area contributed by atoms with Gasteiger partial charge in [-0.15, -0.1) is 24.8 Å². The molecule has 0 fully saturated rings. The molecule has 0 amide bonds. The number of allylic oxidation sites excluding steroid dienone is 4. The fourth-order valence-corrected chi connectivity index (χ4v) is 25.1. The van der Waals surface area contributed by atoms with Gasteiger partial charge in [-0.1, -0.05) is 0 Å². The van der Waals surface area contributed by atoms with Crippen LogP contribution in [0.4, 0.5) is 0 Å². The van der Waals surface area contributed by atoms with Crippen LogP contribution in [0.3, 0.4) is 0 Å². The molecular formula is C41H42Cl4Zr. The van der Waals surface area contributed by atoms with Gasteiger partial charge in [0.1, 0.15) is 0 Å². The van der Waals surface area contributed by atoms with Crippen LogP contribution in [0.25, 0.3) is 23.3 Å². The number of halogens is 4. The summed E-state index contributed by atoms with van der Waals surface area (Å²) in [6, 6.07) is 28.5. The zero-order chi connectivity index (χ0) is 31.5. The second-order valence-corrected chi connectivity index (χ2v) is 27.2. The van der Waals surface area contributed by atoms with Crippen LogP contribution in [0.5, 0.6) is 0 Å². The van der Waals surface area contributed by atoms with Gasteiger partial charge in [0.25, 0.3) is 0 Å². The van der Waals surface area contributed by atoms with Crippen molar-refractivity contribution in [2.45, 2.75) is 40.5 Å². The summed E-state index contributed by atoms with van der Waals surface area (Å²) in [5.41, 5.74) is 8.79. The molecule has 5 heteroatoms. The molecule has 46 heavy (non-hydrogen) atoms. The van der Waals surface area contributed by atoms with Gasteiger partial charge in [0, 0.05) is 0 Å². The van der Waals surface area contributed by atoms with Crippen molar-refractivity contribution in [3.8, 4) is 11.1 Å². The van der Waals surface area contributed by atoms with E-state index in [1.807, 2.05) is 24.3 Å². The monoisotopic (exact) mass is 764 g/mol. The third-order valence-corrected chi connectivity index (χ3v) is 26.8. The van der Waals surface area contributed by atoms with Crippen molar-refractivity contribution in [1.29, 1.82) is 0 Å². The molecule has 0 nitrogen and oxygen atoms in total. The Bertz CT molecular complexity index is 1940. The molecule has 0 aromatic heterocycles. The summed E-state index contributed by atoms with van der Waals surface area (Å²) >= 11 is 8.66. The number of hydrogen-bond acceptors (Lipinski definition) is 0. The first-order chi connectivity index (χ1) is 20.9. The van der Waals surface area contributed by atoms with Gasteiger partial charge in [0.05, 0.1) is 0 Å². The molecule has 238 valence electrons. The molecule has 4 aromatic rings. The van der Waals surface area contributed by atoms with Gasteiger partial charge in [-0.05, 0) is 0 Å². The SMILES string of the molecule is C=Cc1ccc2c(c1)-c1cc(C=C)c[c]([Zr](=[CH2])([C]3=CC(C(C)(C)C)=CC3CC)([c]3cccc(Cl)c3)[c]3cccc(Cl)c3)c1C2.Cl.Cl. The van der Waals surface area contributed by atoms with Crippen LogP contribution in [0, 0.1) is 11.3 Å². The maximum Gasteiger partial charge on any atom is -0.147 e. The molecule has 6 rings (SSSR count). The Hall–Kier alpha value is -2.25. The standard InChI is InChI=1S/C17H13.C11H17.2C6H4Cl.CH2.2ClH.Zr/c1-3-12-5-7-14-11-15-8-6-13(4-2)10-17(15)16(14)9-12;1-5-9-6-7-10(8-9)11(2,3)4;2*7-6-4-2-1-3-5-6;;;;/h3-7,9-10H,1-2,11H2;7-9H,5H2,1-4H3;2*1-2,4-5H;1H2;2*1H;. The number of hydrogen-bond donors (Lipinski definition) is 0. The van der Waals surface area contributed by atoms with Crippen molar-refractivity contribution in [3.05, 3.63) is 145 Å². The first-order valence-corrected chi connectivity index (χ1v) is 22.9. The Kier molecular flexibility index (Phi) is 10.6. The largest absolute Gasteiger partial charge is 0.147 e. The van der Waals surface area contributed by atoms with Crippen LogP contribution in [0.2, 0.25) is 10.0 Å². The van der Waals surface area contributed by atoms with Crippen molar-refractivity contribution in [2.75, 3.05) is 0 Å². The van der Waals surface area contributed by atoms with E-state index in [0.29, 0.717) is 0 Å². The Morgan fingerprint density at radius 1 is 0.804 bits per heavy atom. The van der Waals surface area contributed by atoms with Gasteiger partial charge in [0.15, 0.2) is 0 Å². The molecule has 0 saturated carbocycles. The van der Waals surface area contributed by atoms with E-state index in [1.54, 1.807) is 0 Å². The van der Waals surface area contributed by atoms with Crippen LogP contribution in [-0.2, 0) is 24.7 Å². The van der Waals surface area contributed by atoms with Crippen molar-refractivity contribution < 1.29 is 18.3 Å². The Balaban J connectivity index is 0.00000240. The minimum Gasteiger partial charge on any atom is -0.147 e. The molecule has 0 heterocycles. The van der Waals surface area contributed by atoms with Gasteiger partial charge in [-0.25, -0.2) is 0 Å². The molecule has 0 spiro atoms. The zero-order valence-corrected chi connectivity index (χ0v) is 32.6. The van der Waals surface area contributed by atoms with E-state index in [9.17, 15) is 0 Å². The molecule has 0 saturated heterocycles. The average molecular weight is 768 g/mol. The van der Waals surface area contributed by atoms with Crippen molar-refractivity contribution in [1.82, 2.24) is 0 Å². The maximum absolute atomic E-state index is 6.90. The summed E-state index contributed by atoms with van der Waals surface area (Å²) in [7, 11) is 0. The molecule has 0 aliphatic heterocycles. The van der Waals surface area contributed by atoms with Gasteiger partial charge < -0.3 is 0 Å². The first kappa shape index (κ1) is 36.6. The maximum atomic E-state index is 6.90. The average Bonchev–Trinajstić information content (AvgIpc) is 3.62. The van der Waals surface area contributed by atoms with Crippen LogP contribution in [0.15, 0.2) is 113 Å². The first-order valence-electron chi connectivity index (χ1n) is 15.5. The molecule has 0 radical (unpaired) electrons. The zero-order valence-electron chi connectivity index (χ0n) is 27.0. The number of fused-ring (bicyclic) bond motifs is 3. The van der Waals surface area contributed by atoms with E-state index in [-0.39, 0.29) is 36.1 Å². The predicted octanol–water partition coefficient (Wildman–Crippen LogP) is 11.0. The normalized spacial score (nSPS) is 15.5. The van der Waals surface area contributed by atoms with E-state index < -0.39 is 18.3 Å². The minimum absolute atomic E-state index is 0. The van der Waals surface area contributed by atoms with Crippen molar-refractivity contribution in [3.63, 3.8) is 0 Å². The van der Waals surface area contributed by atoms with Crippen LogP contribution >= 0.6 is 48.0 Å². The summed E-state index contributed by atoms with van der Waals surface area (Å²) < 4.78 is 10.9. The summed E-state index contributed by atoms with van der Waals surface area (Å²) in [5, 5.41) is 1.44. The quantitative estimate of drug-likeness (QED) is 0.155. The minimum atomic E-state index is -5.14. The molecule has 4 aromatic carbocycles. The predicted molar refractivity (Wildman–Crippen MR) is 208 cm³/mol. The van der Waals surface area contributed by atoms with Gasteiger partial charge in [-0.3, -0.25) is 0 Å². The van der Waals surface area contributed by atoms with Gasteiger partial charge in [0.2, 0.25) is 0 Å². The van der Waals surface area contributed by atoms with Crippen molar-refractivity contribution >= 4 is 74.2 Å². The molecule has 0 bridgehead atoms.